The van der Waals surface area contributed by atoms with Crippen LogP contribution >= 0.6 is 0 Å². The van der Waals surface area contributed by atoms with E-state index < -0.39 is 39.2 Å². The van der Waals surface area contributed by atoms with Crippen molar-refractivity contribution in [3.63, 3.8) is 0 Å². The molecule has 1 aromatic rings. The lowest BCUT2D eigenvalue weighted by atomic mass is 10.1. The van der Waals surface area contributed by atoms with Gasteiger partial charge in [0.1, 0.15) is 10.7 Å². The van der Waals surface area contributed by atoms with Crippen LogP contribution in [0.3, 0.4) is 0 Å². The zero-order valence-electron chi connectivity index (χ0n) is 16.1. The molecule has 0 bridgehead atoms. The normalized spacial score (nSPS) is 16.6. The largest absolute Gasteiger partial charge is 0.452 e. The molecule has 1 saturated heterocycles. The molecule has 0 spiro atoms. The summed E-state index contributed by atoms with van der Waals surface area (Å²) in [6.07, 6.45) is 0. The van der Waals surface area contributed by atoms with Gasteiger partial charge in [0, 0.05) is 19.1 Å². The fourth-order valence-electron chi connectivity index (χ4n) is 2.43. The molecule has 1 aromatic carbocycles. The molecule has 0 aliphatic carbocycles. The van der Waals surface area contributed by atoms with Gasteiger partial charge in [0.15, 0.2) is 6.61 Å². The maximum absolute atomic E-state index is 14.2. The number of ether oxygens (including phenoxy) is 2. The first-order chi connectivity index (χ1) is 13.1. The topological polar surface area (TPSA) is 102 Å². The minimum absolute atomic E-state index is 0.0951. The Balaban J connectivity index is 2.09. The highest BCUT2D eigenvalue weighted by molar-refractivity contribution is 7.89. The Kier molecular flexibility index (Phi) is 7.50. The van der Waals surface area contributed by atoms with Gasteiger partial charge < -0.3 is 14.8 Å². The van der Waals surface area contributed by atoms with Crippen LogP contribution in [0.1, 0.15) is 31.1 Å². The number of carbonyl (C=O) groups is 2. The van der Waals surface area contributed by atoms with Crippen molar-refractivity contribution in [2.45, 2.75) is 31.7 Å². The summed E-state index contributed by atoms with van der Waals surface area (Å²) in [6, 6.07) is 2.84. The van der Waals surface area contributed by atoms with Crippen LogP contribution in [0.15, 0.2) is 23.1 Å². The molecule has 0 radical (unpaired) electrons. The van der Waals surface area contributed by atoms with Crippen molar-refractivity contribution in [2.24, 2.45) is 5.92 Å². The van der Waals surface area contributed by atoms with Crippen molar-refractivity contribution in [3.8, 4) is 0 Å². The van der Waals surface area contributed by atoms with Gasteiger partial charge in [-0.25, -0.2) is 17.6 Å². The van der Waals surface area contributed by atoms with E-state index in [1.165, 1.54) is 0 Å². The summed E-state index contributed by atoms with van der Waals surface area (Å²) in [5, 5.41) is 2.68. The first kappa shape index (κ1) is 22.3. The molecule has 1 N–H and O–H groups in total. The highest BCUT2D eigenvalue weighted by atomic mass is 32.2. The lowest BCUT2D eigenvalue weighted by Gasteiger charge is -2.26. The molecule has 10 heteroatoms. The van der Waals surface area contributed by atoms with Gasteiger partial charge in [0.2, 0.25) is 10.0 Å². The summed E-state index contributed by atoms with van der Waals surface area (Å²) < 4.78 is 50.6. The lowest BCUT2D eigenvalue weighted by Crippen LogP contribution is -2.41. The summed E-state index contributed by atoms with van der Waals surface area (Å²) in [5.41, 5.74) is -0.155. The van der Waals surface area contributed by atoms with E-state index in [-0.39, 0.29) is 43.8 Å². The molecule has 1 aliphatic rings. The minimum atomic E-state index is -4.11. The molecular weight excluding hydrogens is 391 g/mol. The van der Waals surface area contributed by atoms with Crippen molar-refractivity contribution in [3.05, 3.63) is 29.6 Å². The highest BCUT2D eigenvalue weighted by Crippen LogP contribution is 2.22. The molecule has 0 aromatic heterocycles. The number of hydrogen-bond donors (Lipinski definition) is 1. The standard InChI is InChI=1S/C18H25FN2O6S/c1-12(2)13(3)20-17(22)11-27-18(23)14-4-5-15(19)16(10-14)28(24,25)21-6-8-26-9-7-21/h4-5,10,12-13H,6-9,11H2,1-3H3,(H,20,22)/t13-/m0/s1. The number of carbonyl (C=O) groups excluding carboxylic acids is 2. The second-order valence-electron chi connectivity index (χ2n) is 6.84. The monoisotopic (exact) mass is 416 g/mol. The van der Waals surface area contributed by atoms with Crippen molar-refractivity contribution in [2.75, 3.05) is 32.9 Å². The molecule has 156 valence electrons. The average Bonchev–Trinajstić information content (AvgIpc) is 2.66. The van der Waals surface area contributed by atoms with Crippen LogP contribution in [0.4, 0.5) is 4.39 Å². The average molecular weight is 416 g/mol. The SMILES string of the molecule is CC(C)[C@H](C)NC(=O)COC(=O)c1ccc(F)c(S(=O)(=O)N2CCOCC2)c1. The number of amides is 1. The molecule has 1 heterocycles. The third kappa shape index (κ3) is 5.49. The summed E-state index contributed by atoms with van der Waals surface area (Å²) in [4.78, 5) is 23.4. The van der Waals surface area contributed by atoms with Gasteiger partial charge in [-0.15, -0.1) is 0 Å². The molecule has 1 amide bonds. The van der Waals surface area contributed by atoms with E-state index in [9.17, 15) is 22.4 Å². The lowest BCUT2D eigenvalue weighted by molar-refractivity contribution is -0.125. The van der Waals surface area contributed by atoms with Gasteiger partial charge in [0.25, 0.3) is 5.91 Å². The highest BCUT2D eigenvalue weighted by Gasteiger charge is 2.30. The number of nitrogens with zero attached hydrogens (tertiary/aromatic N) is 1. The van der Waals surface area contributed by atoms with Crippen molar-refractivity contribution in [1.29, 1.82) is 0 Å². The van der Waals surface area contributed by atoms with E-state index in [2.05, 4.69) is 5.32 Å². The van der Waals surface area contributed by atoms with Crippen LogP contribution in [0, 0.1) is 11.7 Å². The van der Waals surface area contributed by atoms with E-state index in [0.717, 1.165) is 22.5 Å². The smallest absolute Gasteiger partial charge is 0.338 e. The molecular formula is C18H25FN2O6S. The molecule has 28 heavy (non-hydrogen) atoms. The predicted molar refractivity (Wildman–Crippen MR) is 98.7 cm³/mol. The summed E-state index contributed by atoms with van der Waals surface area (Å²) in [7, 11) is -4.11. The number of hydrogen-bond acceptors (Lipinski definition) is 6. The van der Waals surface area contributed by atoms with Crippen molar-refractivity contribution < 1.29 is 31.9 Å². The first-order valence-corrected chi connectivity index (χ1v) is 10.4. The van der Waals surface area contributed by atoms with Crippen LogP contribution in [0.2, 0.25) is 0 Å². The quantitative estimate of drug-likeness (QED) is 0.670. The van der Waals surface area contributed by atoms with Gasteiger partial charge >= 0.3 is 5.97 Å². The number of sulfonamides is 1. The van der Waals surface area contributed by atoms with Crippen LogP contribution in [-0.2, 0) is 24.3 Å². The Morgan fingerprint density at radius 3 is 2.50 bits per heavy atom. The van der Waals surface area contributed by atoms with Gasteiger partial charge in [-0.1, -0.05) is 13.8 Å². The molecule has 2 rings (SSSR count). The molecule has 0 unspecified atom stereocenters. The van der Waals surface area contributed by atoms with Gasteiger partial charge in [-0.2, -0.15) is 4.31 Å². The zero-order valence-corrected chi connectivity index (χ0v) is 16.9. The van der Waals surface area contributed by atoms with E-state index in [1.54, 1.807) is 0 Å². The van der Waals surface area contributed by atoms with Crippen LogP contribution in [0.25, 0.3) is 0 Å². The van der Waals surface area contributed by atoms with Crippen LogP contribution in [-0.4, -0.2) is 63.6 Å². The number of morpholine rings is 1. The Morgan fingerprint density at radius 1 is 1.25 bits per heavy atom. The Bertz CT molecular complexity index is 821. The minimum Gasteiger partial charge on any atom is -0.452 e. The Morgan fingerprint density at radius 2 is 1.89 bits per heavy atom. The third-order valence-corrected chi connectivity index (χ3v) is 6.39. The van der Waals surface area contributed by atoms with Crippen molar-refractivity contribution >= 4 is 21.9 Å². The van der Waals surface area contributed by atoms with E-state index in [1.807, 2.05) is 20.8 Å². The van der Waals surface area contributed by atoms with Gasteiger partial charge in [0.05, 0.1) is 18.8 Å². The Labute approximate surface area is 164 Å². The fraction of sp³-hybridized carbons (Fsp3) is 0.556. The molecule has 1 fully saturated rings. The fourth-order valence-corrected chi connectivity index (χ4v) is 3.93. The van der Waals surface area contributed by atoms with E-state index in [0.29, 0.717) is 0 Å². The number of nitrogens with one attached hydrogen (secondary N) is 1. The van der Waals surface area contributed by atoms with E-state index >= 15 is 0 Å². The Hall–Kier alpha value is -2.04. The first-order valence-electron chi connectivity index (χ1n) is 8.97. The molecule has 8 nitrogen and oxygen atoms in total. The number of benzene rings is 1. The number of rotatable bonds is 7. The summed E-state index contributed by atoms with van der Waals surface area (Å²) in [6.45, 7) is 5.82. The van der Waals surface area contributed by atoms with Gasteiger partial charge in [-0.05, 0) is 31.0 Å². The third-order valence-electron chi connectivity index (χ3n) is 4.48. The van der Waals surface area contributed by atoms with Crippen molar-refractivity contribution in [1.82, 2.24) is 9.62 Å². The van der Waals surface area contributed by atoms with E-state index in [4.69, 9.17) is 9.47 Å². The van der Waals surface area contributed by atoms with Crippen LogP contribution in [0.5, 0.6) is 0 Å². The maximum Gasteiger partial charge on any atom is 0.338 e. The van der Waals surface area contributed by atoms with Gasteiger partial charge in [-0.3, -0.25) is 4.79 Å². The molecule has 0 saturated carbocycles. The number of halogens is 1. The summed E-state index contributed by atoms with van der Waals surface area (Å²) in [5.74, 6) is -2.14. The predicted octanol–water partition coefficient (Wildman–Crippen LogP) is 1.16. The van der Waals surface area contributed by atoms with Crippen LogP contribution < -0.4 is 5.32 Å². The molecule has 1 atom stereocenters. The maximum atomic E-state index is 14.2. The second kappa shape index (κ2) is 9.44. The zero-order chi connectivity index (χ0) is 20.9. The number of esters is 1. The molecule has 1 aliphatic heterocycles. The summed E-state index contributed by atoms with van der Waals surface area (Å²) >= 11 is 0. The second-order valence-corrected chi connectivity index (χ2v) is 8.74.